The van der Waals surface area contributed by atoms with Crippen LogP contribution in [0.1, 0.15) is 0 Å². The maximum absolute atomic E-state index is 5.02. The van der Waals surface area contributed by atoms with E-state index in [-0.39, 0.29) is 0 Å². The average Bonchev–Trinajstić information content (AvgIpc) is 3.72. The van der Waals surface area contributed by atoms with Gasteiger partial charge in [-0.2, -0.15) is 0 Å². The van der Waals surface area contributed by atoms with Crippen molar-refractivity contribution in [1.82, 2.24) is 19.5 Å². The first-order valence-corrected chi connectivity index (χ1v) is 17.5. The summed E-state index contributed by atoms with van der Waals surface area (Å²) in [6.07, 6.45) is 0. The van der Waals surface area contributed by atoms with Gasteiger partial charge >= 0.3 is 0 Å². The van der Waals surface area contributed by atoms with Crippen LogP contribution in [-0.4, -0.2) is 19.5 Å². The van der Waals surface area contributed by atoms with Crippen molar-refractivity contribution in [1.29, 1.82) is 0 Å². The third-order valence-corrected chi connectivity index (χ3v) is 10.6. The molecule has 0 saturated heterocycles. The molecule has 0 radical (unpaired) electrons. The minimum absolute atomic E-state index is 0.641. The number of hydrogen-bond acceptors (Lipinski definition) is 4. The highest BCUT2D eigenvalue weighted by Crippen LogP contribution is 2.40. The van der Waals surface area contributed by atoms with Crippen LogP contribution in [0.2, 0.25) is 0 Å². The third-order valence-electron chi connectivity index (χ3n) is 9.47. The van der Waals surface area contributed by atoms with Gasteiger partial charge in [0.15, 0.2) is 17.5 Å². The van der Waals surface area contributed by atoms with Crippen molar-refractivity contribution in [2.45, 2.75) is 0 Å². The van der Waals surface area contributed by atoms with E-state index < -0.39 is 0 Å². The van der Waals surface area contributed by atoms with Crippen molar-refractivity contribution < 1.29 is 0 Å². The van der Waals surface area contributed by atoms with E-state index in [1.165, 1.54) is 47.5 Å². The Balaban J connectivity index is 1.09. The van der Waals surface area contributed by atoms with Crippen LogP contribution in [0, 0.1) is 0 Å². The SMILES string of the molecule is c1ccc(-c2ccc(-c3nc(-c4ccccc4)nc(-c4ccc(-n5c6ccccc6c6cc7c(cc65)sc5ccccc57)cc4)n3)cc2)cc1. The van der Waals surface area contributed by atoms with Crippen LogP contribution < -0.4 is 0 Å². The maximum atomic E-state index is 5.02. The van der Waals surface area contributed by atoms with Crippen molar-refractivity contribution in [3.63, 3.8) is 0 Å². The molecule has 4 nitrogen and oxygen atoms in total. The second-order valence-corrected chi connectivity index (χ2v) is 13.6. The molecule has 0 aliphatic heterocycles. The van der Waals surface area contributed by atoms with Crippen LogP contribution in [0.15, 0.2) is 170 Å². The topological polar surface area (TPSA) is 43.6 Å². The third kappa shape index (κ3) is 4.79. The Bertz CT molecular complexity index is 2840. The fourth-order valence-electron chi connectivity index (χ4n) is 7.02. The number of hydrogen-bond donors (Lipinski definition) is 0. The Labute approximate surface area is 292 Å². The zero-order valence-electron chi connectivity index (χ0n) is 26.9. The zero-order valence-corrected chi connectivity index (χ0v) is 27.7. The van der Waals surface area contributed by atoms with Gasteiger partial charge in [0.1, 0.15) is 0 Å². The molecule has 0 aliphatic rings. The van der Waals surface area contributed by atoms with Gasteiger partial charge in [0.05, 0.1) is 11.0 Å². The van der Waals surface area contributed by atoms with Crippen molar-refractivity contribution in [3.8, 4) is 51.0 Å². The molecular weight excluding hydrogens is 629 g/mol. The lowest BCUT2D eigenvalue weighted by Crippen LogP contribution is -2.00. The predicted octanol–water partition coefficient (Wildman–Crippen LogP) is 12.0. The summed E-state index contributed by atoms with van der Waals surface area (Å²) in [6.45, 7) is 0. The molecule has 0 spiro atoms. The molecule has 7 aromatic carbocycles. The van der Waals surface area contributed by atoms with E-state index in [1.807, 2.05) is 47.7 Å². The lowest BCUT2D eigenvalue weighted by Gasteiger charge is -2.11. The summed E-state index contributed by atoms with van der Waals surface area (Å²) in [6, 6.07) is 59.7. The van der Waals surface area contributed by atoms with Crippen molar-refractivity contribution in [2.24, 2.45) is 0 Å². The molecule has 0 atom stereocenters. The van der Waals surface area contributed by atoms with Crippen molar-refractivity contribution in [3.05, 3.63) is 170 Å². The van der Waals surface area contributed by atoms with Gasteiger partial charge in [-0.15, -0.1) is 11.3 Å². The number of para-hydroxylation sites is 1. The molecule has 10 aromatic rings. The molecule has 234 valence electrons. The van der Waals surface area contributed by atoms with E-state index in [2.05, 4.69) is 138 Å². The minimum atomic E-state index is 0.641. The first-order valence-electron chi connectivity index (χ1n) is 16.7. The van der Waals surface area contributed by atoms with E-state index in [0.717, 1.165) is 27.9 Å². The quantitative estimate of drug-likeness (QED) is 0.185. The largest absolute Gasteiger partial charge is 0.309 e. The number of aromatic nitrogens is 4. The Morgan fingerprint density at radius 1 is 0.340 bits per heavy atom. The number of thiophene rings is 1. The van der Waals surface area contributed by atoms with E-state index in [0.29, 0.717) is 17.5 Å². The van der Waals surface area contributed by atoms with Gasteiger partial charge in [-0.1, -0.05) is 121 Å². The summed E-state index contributed by atoms with van der Waals surface area (Å²) in [5.41, 5.74) is 8.64. The molecule has 10 rings (SSSR count). The molecule has 0 N–H and O–H groups in total. The number of benzene rings is 7. The molecule has 0 unspecified atom stereocenters. The molecule has 3 heterocycles. The van der Waals surface area contributed by atoms with E-state index in [9.17, 15) is 0 Å². The summed E-state index contributed by atoms with van der Waals surface area (Å²) in [5, 5.41) is 5.13. The molecule has 0 amide bonds. The Kier molecular flexibility index (Phi) is 6.64. The minimum Gasteiger partial charge on any atom is -0.309 e. The first-order chi connectivity index (χ1) is 24.8. The van der Waals surface area contributed by atoms with Gasteiger partial charge in [-0.25, -0.2) is 15.0 Å². The van der Waals surface area contributed by atoms with Gasteiger partial charge in [-0.05, 0) is 59.7 Å². The second kappa shape index (κ2) is 11.6. The normalized spacial score (nSPS) is 11.6. The molecule has 3 aromatic heterocycles. The van der Waals surface area contributed by atoms with Gasteiger partial charge < -0.3 is 4.57 Å². The Morgan fingerprint density at radius 2 is 0.840 bits per heavy atom. The van der Waals surface area contributed by atoms with Crippen LogP contribution in [0.25, 0.3) is 93.0 Å². The van der Waals surface area contributed by atoms with Crippen LogP contribution in [-0.2, 0) is 0 Å². The van der Waals surface area contributed by atoms with Crippen LogP contribution >= 0.6 is 11.3 Å². The van der Waals surface area contributed by atoms with Crippen LogP contribution in [0.5, 0.6) is 0 Å². The van der Waals surface area contributed by atoms with E-state index >= 15 is 0 Å². The highest BCUT2D eigenvalue weighted by atomic mass is 32.1. The first kappa shape index (κ1) is 28.6. The van der Waals surface area contributed by atoms with Gasteiger partial charge in [0.2, 0.25) is 0 Å². The zero-order chi connectivity index (χ0) is 33.0. The average molecular weight is 657 g/mol. The number of fused-ring (bicyclic) bond motifs is 6. The predicted molar refractivity (Wildman–Crippen MR) is 209 cm³/mol. The highest BCUT2D eigenvalue weighted by Gasteiger charge is 2.17. The summed E-state index contributed by atoms with van der Waals surface area (Å²) < 4.78 is 4.98. The number of nitrogens with zero attached hydrogens (tertiary/aromatic N) is 4. The van der Waals surface area contributed by atoms with Gasteiger partial charge in [0, 0.05) is 53.3 Å². The number of rotatable bonds is 5. The fraction of sp³-hybridized carbons (Fsp3) is 0. The Hall–Kier alpha value is -6.43. The highest BCUT2D eigenvalue weighted by molar-refractivity contribution is 7.25. The van der Waals surface area contributed by atoms with Crippen LogP contribution in [0.3, 0.4) is 0 Å². The van der Waals surface area contributed by atoms with E-state index in [1.54, 1.807) is 0 Å². The molecule has 0 aliphatic carbocycles. The summed E-state index contributed by atoms with van der Waals surface area (Å²) in [7, 11) is 0. The standard InChI is InChI=1S/C45H28N4S/c1-3-11-29(12-4-1)30-19-21-32(22-20-30)44-46-43(31-13-5-2-6-14-31)47-45(48-44)33-23-25-34(26-24-33)49-39-17-9-7-15-35(39)37-27-38-36-16-8-10-18-41(36)50-42(38)28-40(37)49/h1-28H. The van der Waals surface area contributed by atoms with Crippen LogP contribution in [0.4, 0.5) is 0 Å². The van der Waals surface area contributed by atoms with E-state index in [4.69, 9.17) is 15.0 Å². The molecule has 0 saturated carbocycles. The fourth-order valence-corrected chi connectivity index (χ4v) is 8.14. The second-order valence-electron chi connectivity index (χ2n) is 12.5. The lowest BCUT2D eigenvalue weighted by molar-refractivity contribution is 1.07. The maximum Gasteiger partial charge on any atom is 0.164 e. The van der Waals surface area contributed by atoms with Crippen molar-refractivity contribution >= 4 is 53.3 Å². The summed E-state index contributed by atoms with van der Waals surface area (Å²) in [5.74, 6) is 1.94. The molecule has 50 heavy (non-hydrogen) atoms. The Morgan fingerprint density at radius 3 is 1.52 bits per heavy atom. The lowest BCUT2D eigenvalue weighted by atomic mass is 10.0. The molecular formula is C45H28N4S. The summed E-state index contributed by atoms with van der Waals surface area (Å²) in [4.78, 5) is 14.9. The smallest absolute Gasteiger partial charge is 0.164 e. The van der Waals surface area contributed by atoms with Crippen molar-refractivity contribution in [2.75, 3.05) is 0 Å². The van der Waals surface area contributed by atoms with Gasteiger partial charge in [-0.3, -0.25) is 0 Å². The molecule has 5 heteroatoms. The summed E-state index contributed by atoms with van der Waals surface area (Å²) >= 11 is 1.85. The monoisotopic (exact) mass is 656 g/mol. The molecule has 0 fully saturated rings. The van der Waals surface area contributed by atoms with Gasteiger partial charge in [0.25, 0.3) is 0 Å². The molecule has 0 bridgehead atoms.